The van der Waals surface area contributed by atoms with Crippen LogP contribution in [0.5, 0.6) is 0 Å². The Bertz CT molecular complexity index is 1710. The lowest BCUT2D eigenvalue weighted by Gasteiger charge is -2.30. The van der Waals surface area contributed by atoms with E-state index in [-0.39, 0.29) is 11.8 Å². The van der Waals surface area contributed by atoms with Crippen molar-refractivity contribution in [1.29, 1.82) is 0 Å². The van der Waals surface area contributed by atoms with Gasteiger partial charge in [0.05, 0.1) is 18.3 Å². The molecule has 5 heterocycles. The van der Waals surface area contributed by atoms with E-state index in [2.05, 4.69) is 54.4 Å². The molecule has 4 N–H and O–H groups in total. The number of benzene rings is 1. The molecule has 0 atom stereocenters. The molecule has 0 aliphatic carbocycles. The summed E-state index contributed by atoms with van der Waals surface area (Å²) in [5, 5.41) is 17.0. The van der Waals surface area contributed by atoms with E-state index in [9.17, 15) is 4.79 Å². The van der Waals surface area contributed by atoms with Crippen molar-refractivity contribution < 1.29 is 9.21 Å². The lowest BCUT2D eigenvalue weighted by molar-refractivity contribution is 0.0700. The molecule has 4 aromatic heterocycles. The first kappa shape index (κ1) is 28.7. The number of imidazole rings is 1. The Kier molecular flexibility index (Phi) is 8.30. The second-order valence-electron chi connectivity index (χ2n) is 11.4. The molecule has 1 aliphatic rings. The van der Waals surface area contributed by atoms with E-state index in [0.29, 0.717) is 55.2 Å². The smallest absolute Gasteiger partial charge is 0.271 e. The maximum atomic E-state index is 13.4. The van der Waals surface area contributed by atoms with Crippen molar-refractivity contribution in [3.63, 3.8) is 0 Å². The fourth-order valence-corrected chi connectivity index (χ4v) is 5.88. The van der Waals surface area contributed by atoms with Crippen molar-refractivity contribution in [3.05, 3.63) is 65.4 Å². The predicted molar refractivity (Wildman–Crippen MR) is 163 cm³/mol. The summed E-state index contributed by atoms with van der Waals surface area (Å²) in [4.78, 5) is 29.5. The van der Waals surface area contributed by atoms with Gasteiger partial charge in [-0.3, -0.25) is 14.9 Å². The summed E-state index contributed by atoms with van der Waals surface area (Å²) in [5.74, 6) is 1.89. The van der Waals surface area contributed by atoms with Gasteiger partial charge in [-0.25, -0.2) is 4.98 Å². The molecule has 1 saturated heterocycles. The van der Waals surface area contributed by atoms with Crippen LogP contribution in [-0.4, -0.2) is 84.8 Å². The van der Waals surface area contributed by atoms with Crippen molar-refractivity contribution in [2.24, 2.45) is 5.73 Å². The van der Waals surface area contributed by atoms with Gasteiger partial charge in [0.15, 0.2) is 5.82 Å². The average Bonchev–Trinajstić information content (AvgIpc) is 3.79. The van der Waals surface area contributed by atoms with Gasteiger partial charge in [0.25, 0.3) is 5.91 Å². The molecule has 1 fully saturated rings. The number of rotatable bonds is 10. The van der Waals surface area contributed by atoms with Gasteiger partial charge >= 0.3 is 0 Å². The second-order valence-corrected chi connectivity index (χ2v) is 11.4. The molecule has 12 nitrogen and oxygen atoms in total. The van der Waals surface area contributed by atoms with Crippen LogP contribution in [0.1, 0.15) is 65.5 Å². The Balaban J connectivity index is 1.18. The summed E-state index contributed by atoms with van der Waals surface area (Å²) >= 11 is 0. The molecule has 224 valence electrons. The van der Waals surface area contributed by atoms with Gasteiger partial charge < -0.3 is 24.9 Å². The van der Waals surface area contributed by atoms with Crippen LogP contribution in [0.25, 0.3) is 33.5 Å². The number of fused-ring (bicyclic) bond motifs is 1. The van der Waals surface area contributed by atoms with Gasteiger partial charge in [-0.05, 0) is 81.6 Å². The van der Waals surface area contributed by atoms with Gasteiger partial charge in [0.2, 0.25) is 11.8 Å². The molecule has 0 saturated carbocycles. The van der Waals surface area contributed by atoms with Gasteiger partial charge in [-0.1, -0.05) is 13.0 Å². The largest absolute Gasteiger partial charge is 0.424 e. The first-order chi connectivity index (χ1) is 20.9. The van der Waals surface area contributed by atoms with Gasteiger partial charge in [-0.2, -0.15) is 5.10 Å². The molecule has 43 heavy (non-hydrogen) atoms. The van der Waals surface area contributed by atoms with E-state index in [1.165, 1.54) is 11.1 Å². The number of aromatic nitrogens is 7. The van der Waals surface area contributed by atoms with E-state index in [0.717, 1.165) is 54.1 Å². The van der Waals surface area contributed by atoms with Crippen molar-refractivity contribution in [2.45, 2.75) is 51.5 Å². The number of H-pyrrole nitrogens is 2. The van der Waals surface area contributed by atoms with Crippen LogP contribution in [0.15, 0.2) is 41.2 Å². The number of carbonyl (C=O) groups is 1. The van der Waals surface area contributed by atoms with Crippen LogP contribution >= 0.6 is 0 Å². The molecule has 1 aliphatic heterocycles. The molecule has 1 amide bonds. The topological polar surface area (TPSA) is 159 Å². The van der Waals surface area contributed by atoms with Crippen LogP contribution in [0.2, 0.25) is 0 Å². The van der Waals surface area contributed by atoms with Gasteiger partial charge in [0.1, 0.15) is 11.4 Å². The fourth-order valence-electron chi connectivity index (χ4n) is 5.88. The molecular weight excluding hydrogens is 544 g/mol. The highest BCUT2D eigenvalue weighted by Gasteiger charge is 2.29. The van der Waals surface area contributed by atoms with E-state index in [1.807, 2.05) is 42.4 Å². The quantitative estimate of drug-likeness (QED) is 0.222. The highest BCUT2D eigenvalue weighted by Crippen LogP contribution is 2.33. The molecule has 6 rings (SSSR count). The lowest BCUT2D eigenvalue weighted by Crippen LogP contribution is -2.38. The lowest BCUT2D eigenvalue weighted by atomic mass is 9.93. The Morgan fingerprint density at radius 3 is 2.77 bits per heavy atom. The number of piperidine rings is 1. The zero-order valence-electron chi connectivity index (χ0n) is 24.9. The number of hydrogen-bond acceptors (Lipinski definition) is 9. The summed E-state index contributed by atoms with van der Waals surface area (Å²) in [6, 6.07) is 6.23. The summed E-state index contributed by atoms with van der Waals surface area (Å²) in [5.41, 5.74) is 12.5. The van der Waals surface area contributed by atoms with Gasteiger partial charge in [-0.15, -0.1) is 10.2 Å². The predicted octanol–water partition coefficient (Wildman–Crippen LogP) is 3.93. The van der Waals surface area contributed by atoms with Gasteiger partial charge in [0, 0.05) is 42.4 Å². The third-order valence-electron chi connectivity index (χ3n) is 8.12. The second kappa shape index (κ2) is 12.4. The molecule has 0 spiro atoms. The molecule has 5 aromatic rings. The third kappa shape index (κ3) is 5.93. The average molecular weight is 583 g/mol. The minimum absolute atomic E-state index is 0.0792. The first-order valence-corrected chi connectivity index (χ1v) is 14.9. The summed E-state index contributed by atoms with van der Waals surface area (Å²) in [6.45, 7) is 4.65. The van der Waals surface area contributed by atoms with Crippen LogP contribution in [0.3, 0.4) is 0 Å². The highest BCUT2D eigenvalue weighted by molar-refractivity contribution is 5.96. The van der Waals surface area contributed by atoms with E-state index < -0.39 is 0 Å². The standard InChI is InChI=1S/C31H38N10O2/c1-4-22-21(6-5-11-32)15-33-16-24(22)20-7-8-25-23(14-20)28(38-36-25)29-34-17-26(35-29)31(42)41-12-9-19(10-13-41)30-39-37-27(43-30)18-40(2)3/h7-8,14-17,19H,4-6,9-13,18,32H2,1-3H3,(H,34,35)(H,36,38). The van der Waals surface area contributed by atoms with Crippen LogP contribution in [0.4, 0.5) is 0 Å². The fraction of sp³-hybridized carbons (Fsp3) is 0.419. The summed E-state index contributed by atoms with van der Waals surface area (Å²) < 4.78 is 5.86. The van der Waals surface area contributed by atoms with Crippen molar-refractivity contribution in [1.82, 2.24) is 45.1 Å². The number of aryl methyl sites for hydroxylation is 1. The van der Waals surface area contributed by atoms with Crippen molar-refractivity contribution in [3.8, 4) is 22.6 Å². The Hall–Kier alpha value is -4.42. The number of nitrogens with zero attached hydrogens (tertiary/aromatic N) is 7. The number of carbonyl (C=O) groups excluding carboxylic acids is 1. The number of pyridine rings is 1. The number of aromatic amines is 2. The SMILES string of the molecule is CCc1c(CCCN)cncc1-c1ccc2[nH]nc(-c3ncc(C(=O)N4CCC(c5nnc(CN(C)C)o5)CC4)[nH]3)c2c1. The number of hydrogen-bond donors (Lipinski definition) is 3. The molecule has 1 aromatic carbocycles. The maximum absolute atomic E-state index is 13.4. The van der Waals surface area contributed by atoms with Crippen LogP contribution in [0, 0.1) is 0 Å². The Morgan fingerprint density at radius 2 is 2.00 bits per heavy atom. The monoisotopic (exact) mass is 582 g/mol. The number of nitrogens with two attached hydrogens (primary N) is 1. The minimum atomic E-state index is -0.0792. The maximum Gasteiger partial charge on any atom is 0.271 e. The number of nitrogens with one attached hydrogen (secondary N) is 2. The third-order valence-corrected chi connectivity index (χ3v) is 8.12. The molecule has 0 unspecified atom stereocenters. The normalized spacial score (nSPS) is 14.3. The highest BCUT2D eigenvalue weighted by atomic mass is 16.4. The first-order valence-electron chi connectivity index (χ1n) is 14.9. The summed E-state index contributed by atoms with van der Waals surface area (Å²) in [7, 11) is 3.93. The van der Waals surface area contributed by atoms with Crippen LogP contribution in [-0.2, 0) is 19.4 Å². The van der Waals surface area contributed by atoms with Crippen LogP contribution < -0.4 is 5.73 Å². The van der Waals surface area contributed by atoms with E-state index >= 15 is 0 Å². The molecule has 12 heteroatoms. The zero-order valence-corrected chi connectivity index (χ0v) is 24.9. The molecule has 0 radical (unpaired) electrons. The van der Waals surface area contributed by atoms with Crippen molar-refractivity contribution in [2.75, 3.05) is 33.7 Å². The van der Waals surface area contributed by atoms with E-state index in [4.69, 9.17) is 10.2 Å². The molecule has 0 bridgehead atoms. The molecular formula is C31H38N10O2. The van der Waals surface area contributed by atoms with Crippen molar-refractivity contribution >= 4 is 16.8 Å². The minimum Gasteiger partial charge on any atom is -0.424 e. The number of likely N-dealkylation sites (tertiary alicyclic amines) is 1. The van der Waals surface area contributed by atoms with E-state index in [1.54, 1.807) is 6.20 Å². The summed E-state index contributed by atoms with van der Waals surface area (Å²) in [6.07, 6.45) is 9.76. The zero-order chi connectivity index (χ0) is 29.9. The Labute approximate surface area is 250 Å². The number of amides is 1. The Morgan fingerprint density at radius 1 is 1.16 bits per heavy atom.